The number of piperazine rings is 1. The zero-order valence-electron chi connectivity index (χ0n) is 12.3. The zero-order valence-corrected chi connectivity index (χ0v) is 13.8. The van der Waals surface area contributed by atoms with Crippen molar-refractivity contribution in [3.8, 4) is 0 Å². The molecular weight excluding hydrogens is 320 g/mol. The molecule has 22 heavy (non-hydrogen) atoms. The number of carbonyl (C=O) groups excluding carboxylic acids is 1. The molecule has 3 rings (SSSR count). The molecule has 7 heteroatoms. The van der Waals surface area contributed by atoms with Crippen LogP contribution in [0.3, 0.4) is 0 Å². The molecule has 1 aromatic heterocycles. The van der Waals surface area contributed by atoms with E-state index in [4.69, 9.17) is 11.6 Å². The van der Waals surface area contributed by atoms with Crippen LogP contribution in [-0.4, -0.2) is 51.5 Å². The maximum absolute atomic E-state index is 12.2. The standard InChI is InChI=1S/C15H17ClN4OS/c1-11(12-2-4-13(16)5-3-12)19-6-8-20(9-7-19)15(21)14-10-22-18-17-14/h2-5,10-11H,6-9H2,1H3/t11-/m1/s1. The molecule has 1 aliphatic heterocycles. The number of rotatable bonds is 3. The summed E-state index contributed by atoms with van der Waals surface area (Å²) < 4.78 is 3.75. The van der Waals surface area contributed by atoms with Gasteiger partial charge in [-0.3, -0.25) is 9.69 Å². The predicted molar refractivity (Wildman–Crippen MR) is 87.3 cm³/mol. The summed E-state index contributed by atoms with van der Waals surface area (Å²) in [6, 6.07) is 8.28. The number of amides is 1. The smallest absolute Gasteiger partial charge is 0.275 e. The summed E-state index contributed by atoms with van der Waals surface area (Å²) in [4.78, 5) is 16.5. The molecule has 1 atom stereocenters. The third-order valence-corrected chi connectivity index (χ3v) is 4.84. The number of benzene rings is 1. The fourth-order valence-corrected chi connectivity index (χ4v) is 3.24. The van der Waals surface area contributed by atoms with Gasteiger partial charge in [0.15, 0.2) is 5.69 Å². The first-order valence-corrected chi connectivity index (χ1v) is 8.42. The van der Waals surface area contributed by atoms with Crippen molar-refractivity contribution in [1.82, 2.24) is 19.4 Å². The van der Waals surface area contributed by atoms with Gasteiger partial charge in [-0.25, -0.2) is 0 Å². The minimum atomic E-state index is -0.0208. The van der Waals surface area contributed by atoms with Gasteiger partial charge in [0, 0.05) is 42.6 Å². The molecule has 0 saturated carbocycles. The molecule has 1 aliphatic rings. The lowest BCUT2D eigenvalue weighted by Crippen LogP contribution is -2.49. The van der Waals surface area contributed by atoms with Crippen molar-refractivity contribution in [2.45, 2.75) is 13.0 Å². The van der Waals surface area contributed by atoms with Gasteiger partial charge in [-0.05, 0) is 36.2 Å². The van der Waals surface area contributed by atoms with Crippen molar-refractivity contribution in [1.29, 1.82) is 0 Å². The Bertz CT molecular complexity index is 624. The van der Waals surface area contributed by atoms with Crippen LogP contribution in [0.5, 0.6) is 0 Å². The second-order valence-corrected chi connectivity index (χ2v) is 6.39. The second-order valence-electron chi connectivity index (χ2n) is 5.35. The van der Waals surface area contributed by atoms with Gasteiger partial charge in [0.25, 0.3) is 5.91 Å². The van der Waals surface area contributed by atoms with Gasteiger partial charge < -0.3 is 4.90 Å². The van der Waals surface area contributed by atoms with Crippen LogP contribution in [0.25, 0.3) is 0 Å². The Morgan fingerprint density at radius 2 is 1.91 bits per heavy atom. The van der Waals surface area contributed by atoms with Crippen LogP contribution >= 0.6 is 23.1 Å². The Hall–Kier alpha value is -1.50. The number of halogens is 1. The fourth-order valence-electron chi connectivity index (χ4n) is 2.68. The molecule has 5 nitrogen and oxygen atoms in total. The van der Waals surface area contributed by atoms with E-state index in [2.05, 4.69) is 33.5 Å². The number of carbonyl (C=O) groups is 1. The minimum Gasteiger partial charge on any atom is -0.335 e. The molecule has 2 aromatic rings. The van der Waals surface area contributed by atoms with Crippen LogP contribution in [0.1, 0.15) is 29.0 Å². The Morgan fingerprint density at radius 1 is 1.23 bits per heavy atom. The summed E-state index contributed by atoms with van der Waals surface area (Å²) in [6.45, 7) is 5.33. The molecule has 0 bridgehead atoms. The Kier molecular flexibility index (Phi) is 4.71. The van der Waals surface area contributed by atoms with Crippen molar-refractivity contribution < 1.29 is 4.79 Å². The Labute approximate surface area is 138 Å². The summed E-state index contributed by atoms with van der Waals surface area (Å²) in [7, 11) is 0. The van der Waals surface area contributed by atoms with Gasteiger partial charge in [-0.15, -0.1) is 5.10 Å². The normalized spacial score (nSPS) is 17.5. The maximum Gasteiger partial charge on any atom is 0.275 e. The van der Waals surface area contributed by atoms with E-state index < -0.39 is 0 Å². The van der Waals surface area contributed by atoms with Crippen molar-refractivity contribution >= 4 is 29.0 Å². The largest absolute Gasteiger partial charge is 0.335 e. The third kappa shape index (κ3) is 3.29. The van der Waals surface area contributed by atoms with Gasteiger partial charge >= 0.3 is 0 Å². The minimum absolute atomic E-state index is 0.0208. The quantitative estimate of drug-likeness (QED) is 0.864. The van der Waals surface area contributed by atoms with Crippen LogP contribution in [0.15, 0.2) is 29.6 Å². The van der Waals surface area contributed by atoms with E-state index in [0.717, 1.165) is 18.1 Å². The highest BCUT2D eigenvalue weighted by molar-refractivity contribution is 7.03. The number of nitrogens with zero attached hydrogens (tertiary/aromatic N) is 4. The van der Waals surface area contributed by atoms with E-state index in [1.807, 2.05) is 17.0 Å². The molecule has 0 unspecified atom stereocenters. The summed E-state index contributed by atoms with van der Waals surface area (Å²) in [5.41, 5.74) is 1.69. The second kappa shape index (κ2) is 6.73. The van der Waals surface area contributed by atoms with Crippen LogP contribution in [-0.2, 0) is 0 Å². The lowest BCUT2D eigenvalue weighted by atomic mass is 10.1. The van der Waals surface area contributed by atoms with Crippen molar-refractivity contribution in [2.24, 2.45) is 0 Å². The highest BCUT2D eigenvalue weighted by Crippen LogP contribution is 2.23. The molecule has 2 heterocycles. The van der Waals surface area contributed by atoms with Crippen LogP contribution in [0.2, 0.25) is 5.02 Å². The monoisotopic (exact) mass is 336 g/mol. The van der Waals surface area contributed by atoms with E-state index in [-0.39, 0.29) is 5.91 Å². The average molecular weight is 337 g/mol. The van der Waals surface area contributed by atoms with Crippen LogP contribution in [0, 0.1) is 0 Å². The molecule has 1 amide bonds. The zero-order chi connectivity index (χ0) is 15.5. The highest BCUT2D eigenvalue weighted by atomic mass is 35.5. The molecule has 1 saturated heterocycles. The fraction of sp³-hybridized carbons (Fsp3) is 0.400. The van der Waals surface area contributed by atoms with Gasteiger partial charge in [-0.2, -0.15) is 0 Å². The number of aromatic nitrogens is 2. The Balaban J connectivity index is 1.59. The molecular formula is C15H17ClN4OS. The van der Waals surface area contributed by atoms with Gasteiger partial charge in [0.05, 0.1) is 0 Å². The van der Waals surface area contributed by atoms with E-state index in [1.165, 1.54) is 17.1 Å². The lowest BCUT2D eigenvalue weighted by Gasteiger charge is -2.38. The molecule has 0 N–H and O–H groups in total. The maximum atomic E-state index is 12.2. The first-order valence-electron chi connectivity index (χ1n) is 7.21. The first kappa shape index (κ1) is 15.4. The van der Waals surface area contributed by atoms with Crippen LogP contribution in [0.4, 0.5) is 0 Å². The molecule has 1 aromatic carbocycles. The summed E-state index contributed by atoms with van der Waals surface area (Å²) in [6.07, 6.45) is 0. The Morgan fingerprint density at radius 3 is 2.50 bits per heavy atom. The average Bonchev–Trinajstić information content (AvgIpc) is 3.09. The van der Waals surface area contributed by atoms with E-state index in [0.29, 0.717) is 24.8 Å². The van der Waals surface area contributed by atoms with Gasteiger partial charge in [0.1, 0.15) is 0 Å². The SMILES string of the molecule is C[C@H](c1ccc(Cl)cc1)N1CCN(C(=O)c2csnn2)CC1. The van der Waals surface area contributed by atoms with Crippen molar-refractivity contribution in [2.75, 3.05) is 26.2 Å². The first-order chi connectivity index (χ1) is 10.6. The molecule has 0 spiro atoms. The van der Waals surface area contributed by atoms with Gasteiger partial charge in [0.2, 0.25) is 0 Å². The van der Waals surface area contributed by atoms with Gasteiger partial charge in [-0.1, -0.05) is 28.2 Å². The molecule has 116 valence electrons. The molecule has 1 fully saturated rings. The number of hydrogen-bond acceptors (Lipinski definition) is 5. The van der Waals surface area contributed by atoms with Crippen molar-refractivity contribution in [3.63, 3.8) is 0 Å². The summed E-state index contributed by atoms with van der Waals surface area (Å²) >= 11 is 7.14. The van der Waals surface area contributed by atoms with Crippen LogP contribution < -0.4 is 0 Å². The van der Waals surface area contributed by atoms with E-state index >= 15 is 0 Å². The van der Waals surface area contributed by atoms with E-state index in [1.54, 1.807) is 5.38 Å². The lowest BCUT2D eigenvalue weighted by molar-refractivity contribution is 0.0576. The third-order valence-electron chi connectivity index (χ3n) is 4.08. The summed E-state index contributed by atoms with van der Waals surface area (Å²) in [5, 5.41) is 6.30. The van der Waals surface area contributed by atoms with E-state index in [9.17, 15) is 4.79 Å². The summed E-state index contributed by atoms with van der Waals surface area (Å²) in [5.74, 6) is -0.0208. The highest BCUT2D eigenvalue weighted by Gasteiger charge is 2.26. The molecule has 0 radical (unpaired) electrons. The van der Waals surface area contributed by atoms with Crippen molar-refractivity contribution in [3.05, 3.63) is 45.9 Å². The molecule has 0 aliphatic carbocycles. The topological polar surface area (TPSA) is 49.3 Å². The predicted octanol–water partition coefficient (Wildman–Crippen LogP) is 2.71. The number of hydrogen-bond donors (Lipinski definition) is 0.